The monoisotopic (exact) mass is 396 g/mol. The van der Waals surface area contributed by atoms with Crippen LogP contribution >= 0.6 is 0 Å². The van der Waals surface area contributed by atoms with Gasteiger partial charge in [-0.15, -0.1) is 0 Å². The van der Waals surface area contributed by atoms with E-state index in [0.717, 1.165) is 16.6 Å². The van der Waals surface area contributed by atoms with Gasteiger partial charge < -0.3 is 0 Å². The van der Waals surface area contributed by atoms with Gasteiger partial charge in [-0.3, -0.25) is 4.57 Å². The number of halogens is 1. The highest BCUT2D eigenvalue weighted by Gasteiger charge is 2.20. The Morgan fingerprint density at radius 2 is 1.37 bits per heavy atom. The molecule has 0 bridgehead atoms. The Kier molecular flexibility index (Phi) is 4.13. The summed E-state index contributed by atoms with van der Waals surface area (Å²) in [5.41, 5.74) is 5.09. The molecule has 0 aliphatic carbocycles. The van der Waals surface area contributed by atoms with Gasteiger partial charge >= 0.3 is 0 Å². The molecule has 0 N–H and O–H groups in total. The van der Waals surface area contributed by atoms with Gasteiger partial charge in [0, 0.05) is 5.56 Å². The number of nitrogens with zero attached hydrogens (tertiary/aromatic N) is 4. The summed E-state index contributed by atoms with van der Waals surface area (Å²) >= 11 is 0. The summed E-state index contributed by atoms with van der Waals surface area (Å²) < 4.78 is 16.6. The van der Waals surface area contributed by atoms with E-state index in [0.29, 0.717) is 22.8 Å². The number of aromatic nitrogens is 4. The van der Waals surface area contributed by atoms with Crippen molar-refractivity contribution in [3.63, 3.8) is 0 Å². The van der Waals surface area contributed by atoms with Gasteiger partial charge in [-0.05, 0) is 35.2 Å². The van der Waals surface area contributed by atoms with Crippen molar-refractivity contribution in [3.8, 4) is 17.1 Å². The molecule has 30 heavy (non-hydrogen) atoms. The zero-order chi connectivity index (χ0) is 20.9. The van der Waals surface area contributed by atoms with Gasteiger partial charge in [0.15, 0.2) is 11.3 Å². The molecule has 0 amide bonds. The van der Waals surface area contributed by atoms with Gasteiger partial charge in [0.25, 0.3) is 0 Å². The van der Waals surface area contributed by atoms with Crippen molar-refractivity contribution < 1.29 is 4.39 Å². The Bertz CT molecular complexity index is 1380. The van der Waals surface area contributed by atoms with Crippen molar-refractivity contribution in [2.24, 2.45) is 0 Å². The van der Waals surface area contributed by atoms with E-state index in [9.17, 15) is 4.39 Å². The van der Waals surface area contributed by atoms with Crippen molar-refractivity contribution in [1.82, 2.24) is 19.5 Å². The maximum Gasteiger partial charge on any atom is 0.199 e. The molecule has 4 nitrogen and oxygen atoms in total. The van der Waals surface area contributed by atoms with Gasteiger partial charge in [0.1, 0.15) is 11.6 Å². The zero-order valence-corrected chi connectivity index (χ0v) is 17.1. The van der Waals surface area contributed by atoms with E-state index < -0.39 is 0 Å². The van der Waals surface area contributed by atoms with E-state index in [1.807, 2.05) is 42.5 Å². The second-order valence-electron chi connectivity index (χ2n) is 8.41. The maximum atomic E-state index is 14.8. The molecular formula is C25H21FN4. The van der Waals surface area contributed by atoms with Crippen LogP contribution in [0, 0.1) is 5.82 Å². The number of para-hydroxylation sites is 3. The van der Waals surface area contributed by atoms with Gasteiger partial charge in [-0.25, -0.2) is 19.3 Å². The fraction of sp³-hybridized carbons (Fsp3) is 0.160. The summed E-state index contributed by atoms with van der Waals surface area (Å²) in [6, 6.07) is 22.6. The minimum Gasteiger partial charge on any atom is -0.272 e. The van der Waals surface area contributed by atoms with Crippen molar-refractivity contribution in [2.45, 2.75) is 26.2 Å². The molecule has 5 aromatic rings. The summed E-state index contributed by atoms with van der Waals surface area (Å²) in [6.07, 6.45) is 0. The molecule has 0 radical (unpaired) electrons. The number of imidazole rings is 1. The lowest BCUT2D eigenvalue weighted by atomic mass is 9.87. The fourth-order valence-electron chi connectivity index (χ4n) is 3.63. The van der Waals surface area contributed by atoms with Gasteiger partial charge in [-0.2, -0.15) is 0 Å². The average Bonchev–Trinajstić information content (AvgIpc) is 3.10. The molecule has 0 spiro atoms. The number of rotatable bonds is 2. The second kappa shape index (κ2) is 6.73. The summed E-state index contributed by atoms with van der Waals surface area (Å²) in [5.74, 6) is 0.283. The highest BCUT2D eigenvalue weighted by Crippen LogP contribution is 2.31. The summed E-state index contributed by atoms with van der Waals surface area (Å²) in [6.45, 7) is 6.53. The molecule has 0 aliphatic rings. The number of fused-ring (bicyclic) bond motifs is 2. The molecule has 0 saturated carbocycles. The first-order chi connectivity index (χ1) is 14.4. The average molecular weight is 396 g/mol. The molecular weight excluding hydrogens is 375 g/mol. The molecule has 148 valence electrons. The van der Waals surface area contributed by atoms with Gasteiger partial charge in [-0.1, -0.05) is 69.3 Å². The van der Waals surface area contributed by atoms with Crippen LogP contribution in [0.5, 0.6) is 0 Å². The minimum atomic E-state index is -0.334. The van der Waals surface area contributed by atoms with Crippen LogP contribution in [0.2, 0.25) is 0 Å². The highest BCUT2D eigenvalue weighted by atomic mass is 19.1. The molecule has 2 heterocycles. The van der Waals surface area contributed by atoms with E-state index >= 15 is 0 Å². The molecule has 0 aliphatic heterocycles. The molecule has 5 rings (SSSR count). The Morgan fingerprint density at radius 3 is 2.03 bits per heavy atom. The number of benzene rings is 3. The van der Waals surface area contributed by atoms with Crippen molar-refractivity contribution >= 4 is 22.3 Å². The first-order valence-corrected chi connectivity index (χ1v) is 9.93. The van der Waals surface area contributed by atoms with Crippen molar-refractivity contribution in [2.75, 3.05) is 0 Å². The third kappa shape index (κ3) is 3.03. The molecule has 3 aromatic carbocycles. The van der Waals surface area contributed by atoms with Crippen LogP contribution < -0.4 is 0 Å². The number of hydrogen-bond donors (Lipinski definition) is 0. The summed E-state index contributed by atoms with van der Waals surface area (Å²) in [7, 11) is 0. The van der Waals surface area contributed by atoms with Crippen LogP contribution in [-0.2, 0) is 5.41 Å². The molecule has 0 saturated heterocycles. The van der Waals surface area contributed by atoms with E-state index in [2.05, 4.69) is 37.9 Å². The van der Waals surface area contributed by atoms with E-state index in [-0.39, 0.29) is 11.2 Å². The Labute approximate surface area is 174 Å². The van der Waals surface area contributed by atoms with E-state index in [1.54, 1.807) is 16.7 Å². The molecule has 0 fully saturated rings. The second-order valence-corrected chi connectivity index (χ2v) is 8.41. The normalized spacial score (nSPS) is 12.0. The van der Waals surface area contributed by atoms with Crippen LogP contribution in [0.15, 0.2) is 72.8 Å². The lowest BCUT2D eigenvalue weighted by molar-refractivity contribution is 0.590. The van der Waals surface area contributed by atoms with Crippen molar-refractivity contribution in [3.05, 3.63) is 84.2 Å². The fourth-order valence-corrected chi connectivity index (χ4v) is 3.63. The molecule has 5 heteroatoms. The summed E-state index contributed by atoms with van der Waals surface area (Å²) in [4.78, 5) is 14.2. The maximum absolute atomic E-state index is 14.8. The van der Waals surface area contributed by atoms with Gasteiger partial charge in [0.2, 0.25) is 0 Å². The van der Waals surface area contributed by atoms with Crippen molar-refractivity contribution in [1.29, 1.82) is 0 Å². The van der Waals surface area contributed by atoms with Crippen LogP contribution in [-0.4, -0.2) is 19.5 Å². The van der Waals surface area contributed by atoms with Crippen LogP contribution in [0.4, 0.5) is 4.39 Å². The van der Waals surface area contributed by atoms with Crippen LogP contribution in [0.25, 0.3) is 39.4 Å². The van der Waals surface area contributed by atoms with E-state index in [4.69, 9.17) is 9.97 Å². The highest BCUT2D eigenvalue weighted by molar-refractivity contribution is 5.86. The zero-order valence-electron chi connectivity index (χ0n) is 17.1. The Morgan fingerprint density at radius 1 is 0.733 bits per heavy atom. The smallest absolute Gasteiger partial charge is 0.199 e. The summed E-state index contributed by atoms with van der Waals surface area (Å²) in [5, 5.41) is 0. The third-order valence-electron chi connectivity index (χ3n) is 5.27. The van der Waals surface area contributed by atoms with Crippen LogP contribution in [0.3, 0.4) is 0 Å². The lowest BCUT2D eigenvalue weighted by Gasteiger charge is -2.19. The lowest BCUT2D eigenvalue weighted by Crippen LogP contribution is -2.10. The molecule has 0 atom stereocenters. The number of hydrogen-bond acceptors (Lipinski definition) is 3. The largest absolute Gasteiger partial charge is 0.272 e. The topological polar surface area (TPSA) is 43.6 Å². The molecule has 2 aromatic heterocycles. The Hall–Kier alpha value is -3.60. The SMILES string of the molecule is CC(C)(C)c1ccc(-c2nc3nc4ccccc4nc3n2-c2ccccc2F)cc1. The van der Waals surface area contributed by atoms with E-state index in [1.165, 1.54) is 11.6 Å². The van der Waals surface area contributed by atoms with Gasteiger partial charge in [0.05, 0.1) is 16.7 Å². The van der Waals surface area contributed by atoms with Crippen LogP contribution in [0.1, 0.15) is 26.3 Å². The third-order valence-corrected chi connectivity index (χ3v) is 5.27. The first-order valence-electron chi connectivity index (χ1n) is 9.93. The molecule has 0 unspecified atom stereocenters. The quantitative estimate of drug-likeness (QED) is 0.364. The minimum absolute atomic E-state index is 0.0467. The standard InChI is InChI=1S/C25H21FN4/c1-25(2,3)17-14-12-16(13-15-17)23-29-22-24(28-20-10-6-5-9-19(20)27-22)30(23)21-11-7-4-8-18(21)26/h4-15H,1-3H3. The predicted molar refractivity (Wildman–Crippen MR) is 118 cm³/mol. The first kappa shape index (κ1) is 18.4. The Balaban J connectivity index is 1.81. The predicted octanol–water partition coefficient (Wildman–Crippen LogP) is 6.07.